The molecule has 3 aromatic rings. The highest BCUT2D eigenvalue weighted by Gasteiger charge is 2.23. The molecule has 2 aromatic heterocycles. The van der Waals surface area contributed by atoms with Gasteiger partial charge in [-0.05, 0) is 49.9 Å². The van der Waals surface area contributed by atoms with Crippen molar-refractivity contribution in [2.75, 3.05) is 0 Å². The van der Waals surface area contributed by atoms with Crippen molar-refractivity contribution in [3.8, 4) is 11.3 Å². The van der Waals surface area contributed by atoms with Gasteiger partial charge in [0, 0.05) is 41.7 Å². The number of hydrogen-bond donors (Lipinski definition) is 2. The van der Waals surface area contributed by atoms with Crippen LogP contribution >= 0.6 is 0 Å². The van der Waals surface area contributed by atoms with Gasteiger partial charge in [0.05, 0.1) is 12.0 Å². The van der Waals surface area contributed by atoms with Gasteiger partial charge in [0.25, 0.3) is 5.91 Å². The Bertz CT molecular complexity index is 986. The highest BCUT2D eigenvalue weighted by atomic mass is 16.3. The predicted molar refractivity (Wildman–Crippen MR) is 107 cm³/mol. The number of benzene rings is 1. The molecule has 0 aliphatic heterocycles. The van der Waals surface area contributed by atoms with Gasteiger partial charge in [-0.2, -0.15) is 0 Å². The second kappa shape index (κ2) is 7.84. The Labute approximate surface area is 163 Å². The first-order valence-electron chi connectivity index (χ1n) is 9.61. The standard InChI is InChI=1S/C22H23N3O3/c1-14(26)24-17-6-8-18(9-7-17)25-22(27)16-4-2-15(3-5-16)21-19-11-13-28-20(19)10-12-23-21/h2-5,10-13,17-18H,6-9H2,1H3,(H,24,26)(H,25,27)/t17-,18-. The maximum atomic E-state index is 12.6. The molecule has 28 heavy (non-hydrogen) atoms. The molecule has 2 N–H and O–H groups in total. The largest absolute Gasteiger partial charge is 0.464 e. The quantitative estimate of drug-likeness (QED) is 0.727. The average Bonchev–Trinajstić information content (AvgIpc) is 3.18. The van der Waals surface area contributed by atoms with E-state index in [1.807, 2.05) is 36.4 Å². The lowest BCUT2D eigenvalue weighted by atomic mass is 9.91. The maximum Gasteiger partial charge on any atom is 0.251 e. The highest BCUT2D eigenvalue weighted by molar-refractivity contribution is 5.96. The molecule has 0 radical (unpaired) electrons. The van der Waals surface area contributed by atoms with E-state index in [1.165, 1.54) is 0 Å². The average molecular weight is 377 g/mol. The summed E-state index contributed by atoms with van der Waals surface area (Å²) in [5.74, 6) is -0.0582. The Morgan fingerprint density at radius 3 is 2.32 bits per heavy atom. The van der Waals surface area contributed by atoms with Crippen LogP contribution in [0.25, 0.3) is 22.2 Å². The molecule has 0 unspecified atom stereocenters. The number of carbonyl (C=O) groups excluding carboxylic acids is 2. The fourth-order valence-corrected chi connectivity index (χ4v) is 3.84. The molecule has 1 saturated carbocycles. The zero-order valence-electron chi connectivity index (χ0n) is 15.8. The van der Waals surface area contributed by atoms with E-state index in [1.54, 1.807) is 19.4 Å². The van der Waals surface area contributed by atoms with Crippen molar-refractivity contribution in [1.29, 1.82) is 0 Å². The molecule has 0 atom stereocenters. The molecule has 4 rings (SSSR count). The smallest absolute Gasteiger partial charge is 0.251 e. The summed E-state index contributed by atoms with van der Waals surface area (Å²) in [6, 6.07) is 11.6. The zero-order chi connectivity index (χ0) is 19.5. The van der Waals surface area contributed by atoms with Crippen molar-refractivity contribution in [1.82, 2.24) is 15.6 Å². The van der Waals surface area contributed by atoms with Crippen molar-refractivity contribution < 1.29 is 14.0 Å². The molecule has 0 saturated heterocycles. The summed E-state index contributed by atoms with van der Waals surface area (Å²) >= 11 is 0. The SMILES string of the molecule is CC(=O)N[C@H]1CC[C@H](NC(=O)c2ccc(-c3nccc4occc34)cc2)CC1. The van der Waals surface area contributed by atoms with Crippen LogP contribution in [-0.2, 0) is 4.79 Å². The molecule has 0 spiro atoms. The Kier molecular flexibility index (Phi) is 5.10. The Morgan fingerprint density at radius 2 is 1.64 bits per heavy atom. The number of fused-ring (bicyclic) bond motifs is 1. The number of nitrogens with one attached hydrogen (secondary N) is 2. The van der Waals surface area contributed by atoms with Crippen LogP contribution in [-0.4, -0.2) is 28.9 Å². The summed E-state index contributed by atoms with van der Waals surface area (Å²) < 4.78 is 5.43. The second-order valence-corrected chi connectivity index (χ2v) is 7.29. The van der Waals surface area contributed by atoms with Crippen LogP contribution in [0.15, 0.2) is 53.3 Å². The van der Waals surface area contributed by atoms with E-state index in [0.29, 0.717) is 5.56 Å². The fourth-order valence-electron chi connectivity index (χ4n) is 3.84. The summed E-state index contributed by atoms with van der Waals surface area (Å²) in [6.45, 7) is 1.54. The summed E-state index contributed by atoms with van der Waals surface area (Å²) in [4.78, 5) is 28.2. The minimum absolute atomic E-state index is 0.00757. The number of furan rings is 1. The first kappa shape index (κ1) is 18.2. The van der Waals surface area contributed by atoms with Crippen molar-refractivity contribution in [2.45, 2.75) is 44.7 Å². The molecule has 1 aliphatic rings. The van der Waals surface area contributed by atoms with Crippen molar-refractivity contribution in [2.24, 2.45) is 0 Å². The number of carbonyl (C=O) groups is 2. The van der Waals surface area contributed by atoms with Crippen LogP contribution in [0.1, 0.15) is 43.0 Å². The zero-order valence-corrected chi connectivity index (χ0v) is 15.8. The third-order valence-electron chi connectivity index (χ3n) is 5.27. The van der Waals surface area contributed by atoms with E-state index in [9.17, 15) is 9.59 Å². The monoisotopic (exact) mass is 377 g/mol. The summed E-state index contributed by atoms with van der Waals surface area (Å²) in [5, 5.41) is 7.02. The molecule has 2 amide bonds. The molecule has 1 aromatic carbocycles. The van der Waals surface area contributed by atoms with Gasteiger partial charge in [0.15, 0.2) is 0 Å². The van der Waals surface area contributed by atoms with Gasteiger partial charge in [-0.25, -0.2) is 0 Å². The van der Waals surface area contributed by atoms with Crippen molar-refractivity contribution in [3.63, 3.8) is 0 Å². The van der Waals surface area contributed by atoms with E-state index >= 15 is 0 Å². The fraction of sp³-hybridized carbons (Fsp3) is 0.318. The Balaban J connectivity index is 1.40. The molecule has 6 heteroatoms. The lowest BCUT2D eigenvalue weighted by molar-refractivity contribution is -0.119. The predicted octanol–water partition coefficient (Wildman–Crippen LogP) is 3.67. The second-order valence-electron chi connectivity index (χ2n) is 7.29. The van der Waals surface area contributed by atoms with E-state index in [0.717, 1.165) is 47.9 Å². The first-order chi connectivity index (χ1) is 13.6. The molecule has 6 nitrogen and oxygen atoms in total. The minimum Gasteiger partial charge on any atom is -0.464 e. The molecule has 2 heterocycles. The summed E-state index contributed by atoms with van der Waals surface area (Å²) in [5.41, 5.74) is 3.21. The molecule has 1 aliphatic carbocycles. The van der Waals surface area contributed by atoms with Crippen LogP contribution in [0.3, 0.4) is 0 Å². The first-order valence-corrected chi connectivity index (χ1v) is 9.61. The topological polar surface area (TPSA) is 84.2 Å². The summed E-state index contributed by atoms with van der Waals surface area (Å²) in [6.07, 6.45) is 6.91. The van der Waals surface area contributed by atoms with E-state index in [-0.39, 0.29) is 23.9 Å². The highest BCUT2D eigenvalue weighted by Crippen LogP contribution is 2.27. The van der Waals surface area contributed by atoms with Gasteiger partial charge < -0.3 is 15.1 Å². The van der Waals surface area contributed by atoms with Gasteiger partial charge in [-0.15, -0.1) is 0 Å². The van der Waals surface area contributed by atoms with Crippen LogP contribution in [0, 0.1) is 0 Å². The van der Waals surface area contributed by atoms with Crippen LogP contribution in [0.4, 0.5) is 0 Å². The molecule has 144 valence electrons. The lowest BCUT2D eigenvalue weighted by Crippen LogP contribution is -2.43. The third kappa shape index (κ3) is 3.91. The maximum absolute atomic E-state index is 12.6. The van der Waals surface area contributed by atoms with Crippen LogP contribution < -0.4 is 10.6 Å². The number of amides is 2. The van der Waals surface area contributed by atoms with Gasteiger partial charge in [-0.1, -0.05) is 12.1 Å². The normalized spacial score (nSPS) is 19.3. The Hall–Kier alpha value is -3.15. The molecule has 1 fully saturated rings. The van der Waals surface area contributed by atoms with Gasteiger partial charge >= 0.3 is 0 Å². The Morgan fingerprint density at radius 1 is 0.964 bits per heavy atom. The van der Waals surface area contributed by atoms with E-state index in [2.05, 4.69) is 15.6 Å². The van der Waals surface area contributed by atoms with E-state index in [4.69, 9.17) is 4.42 Å². The van der Waals surface area contributed by atoms with Gasteiger partial charge in [0.1, 0.15) is 5.58 Å². The van der Waals surface area contributed by atoms with Gasteiger partial charge in [0.2, 0.25) is 5.91 Å². The lowest BCUT2D eigenvalue weighted by Gasteiger charge is -2.29. The number of hydrogen-bond acceptors (Lipinski definition) is 4. The van der Waals surface area contributed by atoms with Crippen LogP contribution in [0.5, 0.6) is 0 Å². The molecular weight excluding hydrogens is 354 g/mol. The third-order valence-corrected chi connectivity index (χ3v) is 5.27. The van der Waals surface area contributed by atoms with Crippen molar-refractivity contribution >= 4 is 22.8 Å². The number of aromatic nitrogens is 1. The van der Waals surface area contributed by atoms with Crippen molar-refractivity contribution in [3.05, 3.63) is 54.4 Å². The van der Waals surface area contributed by atoms with E-state index < -0.39 is 0 Å². The number of rotatable bonds is 4. The molecular formula is C22H23N3O3. The number of nitrogens with zero attached hydrogens (tertiary/aromatic N) is 1. The number of pyridine rings is 1. The summed E-state index contributed by atoms with van der Waals surface area (Å²) in [7, 11) is 0. The minimum atomic E-state index is -0.0657. The van der Waals surface area contributed by atoms with Crippen LogP contribution in [0.2, 0.25) is 0 Å². The van der Waals surface area contributed by atoms with Gasteiger partial charge in [-0.3, -0.25) is 14.6 Å². The molecule has 0 bridgehead atoms.